The van der Waals surface area contributed by atoms with Crippen molar-refractivity contribution in [2.75, 3.05) is 53.6 Å². The second kappa shape index (κ2) is 8.77. The van der Waals surface area contributed by atoms with Gasteiger partial charge < -0.3 is 9.64 Å². The van der Waals surface area contributed by atoms with Gasteiger partial charge >= 0.3 is 0 Å². The normalized spacial score (nSPS) is 12.8. The number of hydrogen-bond acceptors (Lipinski definition) is 6. The molecule has 0 aliphatic rings. The zero-order valence-corrected chi connectivity index (χ0v) is 16.0. The van der Waals surface area contributed by atoms with Gasteiger partial charge in [-0.1, -0.05) is 0 Å². The molecule has 0 heterocycles. The summed E-state index contributed by atoms with van der Waals surface area (Å²) in [7, 11) is -1.92. The topological polar surface area (TPSA) is 96.0 Å². The molecule has 0 atom stereocenters. The molecular formula is C14H25N3O5S2. The molecular weight excluding hydrogens is 354 g/mol. The Labute approximate surface area is 144 Å². The highest BCUT2D eigenvalue weighted by atomic mass is 32.2. The van der Waals surface area contributed by atoms with Gasteiger partial charge in [0.25, 0.3) is 0 Å². The van der Waals surface area contributed by atoms with E-state index in [0.717, 1.165) is 6.26 Å². The summed E-state index contributed by atoms with van der Waals surface area (Å²) in [4.78, 5) is 1.96. The number of hydrogen-bond donors (Lipinski definition) is 1. The van der Waals surface area contributed by atoms with Gasteiger partial charge in [-0.25, -0.2) is 21.6 Å². The summed E-state index contributed by atoms with van der Waals surface area (Å²) in [6, 6.07) is 5.96. The molecule has 0 saturated heterocycles. The molecule has 8 nitrogen and oxygen atoms in total. The first-order valence-electron chi connectivity index (χ1n) is 7.30. The second-order valence-corrected chi connectivity index (χ2v) is 9.29. The molecule has 10 heteroatoms. The first-order valence-corrected chi connectivity index (χ1v) is 10.6. The van der Waals surface area contributed by atoms with Gasteiger partial charge in [-0.15, -0.1) is 0 Å². The number of methoxy groups -OCH3 is 1. The summed E-state index contributed by atoms with van der Waals surface area (Å²) < 4.78 is 56.6. The standard InChI is InChI=1S/C14H25N3O5S2/c1-16(2)11-12-17(23(4,18)19)10-9-15-24(20,21)14-7-5-13(22-3)6-8-14/h5-8,15H,9-12H2,1-4H3. The largest absolute Gasteiger partial charge is 0.497 e. The first-order chi connectivity index (χ1) is 11.1. The van der Waals surface area contributed by atoms with E-state index in [2.05, 4.69) is 4.72 Å². The van der Waals surface area contributed by atoms with E-state index in [1.54, 1.807) is 12.1 Å². The molecule has 0 aromatic heterocycles. The molecule has 0 saturated carbocycles. The van der Waals surface area contributed by atoms with Crippen molar-refractivity contribution < 1.29 is 21.6 Å². The van der Waals surface area contributed by atoms with Gasteiger partial charge in [0.1, 0.15) is 5.75 Å². The maximum absolute atomic E-state index is 12.2. The zero-order valence-electron chi connectivity index (χ0n) is 14.4. The minimum absolute atomic E-state index is 0.00510. The Morgan fingerprint density at radius 1 is 1.00 bits per heavy atom. The maximum Gasteiger partial charge on any atom is 0.240 e. The molecule has 138 valence electrons. The monoisotopic (exact) mass is 379 g/mol. The molecule has 0 unspecified atom stereocenters. The quantitative estimate of drug-likeness (QED) is 0.605. The van der Waals surface area contributed by atoms with E-state index in [1.165, 1.54) is 23.5 Å². The second-order valence-electron chi connectivity index (χ2n) is 5.54. The van der Waals surface area contributed by atoms with Gasteiger partial charge in [0.15, 0.2) is 0 Å². The lowest BCUT2D eigenvalue weighted by Gasteiger charge is -2.22. The van der Waals surface area contributed by atoms with Gasteiger partial charge in [0.2, 0.25) is 20.0 Å². The third-order valence-corrected chi connectivity index (χ3v) is 6.07. The van der Waals surface area contributed by atoms with Crippen LogP contribution >= 0.6 is 0 Å². The SMILES string of the molecule is COc1ccc(S(=O)(=O)NCCN(CCN(C)C)S(C)(=O)=O)cc1. The molecule has 0 aliphatic carbocycles. The maximum atomic E-state index is 12.2. The predicted molar refractivity (Wildman–Crippen MR) is 93.2 cm³/mol. The summed E-state index contributed by atoms with van der Waals surface area (Å²) in [6.07, 6.45) is 1.11. The lowest BCUT2D eigenvalue weighted by Crippen LogP contribution is -2.41. The number of nitrogens with zero attached hydrogens (tertiary/aromatic N) is 2. The van der Waals surface area contributed by atoms with Crippen LogP contribution < -0.4 is 9.46 Å². The minimum Gasteiger partial charge on any atom is -0.497 e. The average molecular weight is 380 g/mol. The molecule has 1 aromatic rings. The summed E-state index contributed by atoms with van der Waals surface area (Å²) >= 11 is 0. The number of ether oxygens (including phenoxy) is 1. The van der Waals surface area contributed by atoms with Crippen LogP contribution in [0.5, 0.6) is 5.75 Å². The van der Waals surface area contributed by atoms with Crippen LogP contribution in [0.25, 0.3) is 0 Å². The van der Waals surface area contributed by atoms with Crippen molar-refractivity contribution in [1.82, 2.24) is 13.9 Å². The minimum atomic E-state index is -3.70. The van der Waals surface area contributed by atoms with Crippen molar-refractivity contribution >= 4 is 20.0 Å². The molecule has 0 amide bonds. The van der Waals surface area contributed by atoms with Gasteiger partial charge in [-0.3, -0.25) is 0 Å². The van der Waals surface area contributed by atoms with Crippen LogP contribution in [0.1, 0.15) is 0 Å². The Bertz CT molecular complexity index is 715. The average Bonchev–Trinajstić information content (AvgIpc) is 2.49. The number of sulfonamides is 2. The van der Waals surface area contributed by atoms with Crippen LogP contribution in [-0.2, 0) is 20.0 Å². The van der Waals surface area contributed by atoms with E-state index in [9.17, 15) is 16.8 Å². The smallest absolute Gasteiger partial charge is 0.240 e. The van der Waals surface area contributed by atoms with Crippen LogP contribution in [0.3, 0.4) is 0 Å². The molecule has 1 rings (SSSR count). The molecule has 24 heavy (non-hydrogen) atoms. The number of rotatable bonds is 10. The molecule has 0 spiro atoms. The fourth-order valence-corrected chi connectivity index (χ4v) is 3.76. The van der Waals surface area contributed by atoms with E-state index < -0.39 is 20.0 Å². The van der Waals surface area contributed by atoms with E-state index in [4.69, 9.17) is 4.74 Å². The molecule has 0 radical (unpaired) electrons. The highest BCUT2D eigenvalue weighted by molar-refractivity contribution is 7.89. The molecule has 0 fully saturated rings. The van der Waals surface area contributed by atoms with Crippen LogP contribution in [0.2, 0.25) is 0 Å². The van der Waals surface area contributed by atoms with Crippen LogP contribution in [-0.4, -0.2) is 79.7 Å². The zero-order chi connectivity index (χ0) is 18.4. The Hall–Kier alpha value is -1.20. The third kappa shape index (κ3) is 6.73. The van der Waals surface area contributed by atoms with E-state index in [1.807, 2.05) is 19.0 Å². The third-order valence-electron chi connectivity index (χ3n) is 3.29. The highest BCUT2D eigenvalue weighted by Crippen LogP contribution is 2.15. The molecule has 1 aromatic carbocycles. The molecule has 0 aliphatic heterocycles. The van der Waals surface area contributed by atoms with Crippen molar-refractivity contribution in [1.29, 1.82) is 0 Å². The number of nitrogens with one attached hydrogen (secondary N) is 1. The Kier molecular flexibility index (Phi) is 7.61. The first kappa shape index (κ1) is 20.8. The summed E-state index contributed by atoms with van der Waals surface area (Å²) in [5, 5.41) is 0. The van der Waals surface area contributed by atoms with Crippen LogP contribution in [0.15, 0.2) is 29.2 Å². The lowest BCUT2D eigenvalue weighted by molar-refractivity contribution is 0.336. The molecule has 1 N–H and O–H groups in total. The summed E-state index contributed by atoms with van der Waals surface area (Å²) in [6.45, 7) is 0.922. The van der Waals surface area contributed by atoms with Crippen molar-refractivity contribution in [3.8, 4) is 5.75 Å². The number of likely N-dealkylation sites (N-methyl/N-ethyl adjacent to an activating group) is 1. The van der Waals surface area contributed by atoms with Gasteiger partial charge in [-0.2, -0.15) is 4.31 Å². The Morgan fingerprint density at radius 2 is 1.58 bits per heavy atom. The van der Waals surface area contributed by atoms with Crippen molar-refractivity contribution in [2.45, 2.75) is 4.90 Å². The highest BCUT2D eigenvalue weighted by Gasteiger charge is 2.19. The van der Waals surface area contributed by atoms with Crippen molar-refractivity contribution in [3.05, 3.63) is 24.3 Å². The Balaban J connectivity index is 2.67. The predicted octanol–water partition coefficient (Wildman–Crippen LogP) is -0.203. The van der Waals surface area contributed by atoms with Crippen molar-refractivity contribution in [2.24, 2.45) is 0 Å². The lowest BCUT2D eigenvalue weighted by atomic mass is 10.3. The van der Waals surface area contributed by atoms with E-state index >= 15 is 0 Å². The van der Waals surface area contributed by atoms with E-state index in [-0.39, 0.29) is 18.0 Å². The molecule has 0 bridgehead atoms. The van der Waals surface area contributed by atoms with Gasteiger partial charge in [0, 0.05) is 26.2 Å². The fourth-order valence-electron chi connectivity index (χ4n) is 1.90. The van der Waals surface area contributed by atoms with Gasteiger partial charge in [-0.05, 0) is 38.4 Å². The van der Waals surface area contributed by atoms with Crippen molar-refractivity contribution in [3.63, 3.8) is 0 Å². The van der Waals surface area contributed by atoms with Crippen LogP contribution in [0.4, 0.5) is 0 Å². The summed E-state index contributed by atoms with van der Waals surface area (Å²) in [5.74, 6) is 0.556. The van der Waals surface area contributed by atoms with Gasteiger partial charge in [0.05, 0.1) is 18.3 Å². The summed E-state index contributed by atoms with van der Waals surface area (Å²) in [5.41, 5.74) is 0. The fraction of sp³-hybridized carbons (Fsp3) is 0.571. The number of benzene rings is 1. The van der Waals surface area contributed by atoms with Crippen LogP contribution in [0, 0.1) is 0 Å². The van der Waals surface area contributed by atoms with E-state index in [0.29, 0.717) is 18.8 Å². The Morgan fingerprint density at radius 3 is 2.04 bits per heavy atom.